The Hall–Kier alpha value is -3.91. The van der Waals surface area contributed by atoms with Crippen LogP contribution >= 0.6 is 0 Å². The van der Waals surface area contributed by atoms with Gasteiger partial charge in [-0.05, 0) is 68.4 Å². The van der Waals surface area contributed by atoms with E-state index >= 15 is 0 Å². The van der Waals surface area contributed by atoms with Gasteiger partial charge in [0.25, 0.3) is 0 Å². The molecule has 1 atom stereocenters. The van der Waals surface area contributed by atoms with Crippen LogP contribution in [0.15, 0.2) is 60.8 Å². The van der Waals surface area contributed by atoms with E-state index in [2.05, 4.69) is 39.6 Å². The van der Waals surface area contributed by atoms with Crippen molar-refractivity contribution in [2.75, 3.05) is 32.6 Å². The van der Waals surface area contributed by atoms with E-state index in [1.165, 1.54) is 0 Å². The summed E-state index contributed by atoms with van der Waals surface area (Å²) in [6.07, 6.45) is 4.58. The molecule has 1 aliphatic heterocycles. The number of hydrogen-bond donors (Lipinski definition) is 2. The van der Waals surface area contributed by atoms with Crippen molar-refractivity contribution < 1.29 is 14.6 Å². The fourth-order valence-electron chi connectivity index (χ4n) is 4.93. The first kappa shape index (κ1) is 24.8. The molecule has 0 radical (unpaired) electrons. The van der Waals surface area contributed by atoms with Crippen molar-refractivity contribution in [3.8, 4) is 5.75 Å². The lowest BCUT2D eigenvalue weighted by atomic mass is 10.0. The molecule has 1 aliphatic rings. The molecule has 1 unspecified atom stereocenters. The Kier molecular flexibility index (Phi) is 7.37. The number of fused-ring (bicyclic) bond motifs is 2. The van der Waals surface area contributed by atoms with E-state index in [0.29, 0.717) is 6.61 Å². The van der Waals surface area contributed by atoms with Gasteiger partial charge >= 0.3 is 5.97 Å². The Morgan fingerprint density at radius 1 is 1.19 bits per heavy atom. The fourth-order valence-corrected chi connectivity index (χ4v) is 4.93. The maximum Gasteiger partial charge on any atom is 0.305 e. The number of ether oxygens (including phenoxy) is 1. The quantitative estimate of drug-likeness (QED) is 0.331. The molecule has 2 aromatic heterocycles. The Labute approximate surface area is 216 Å². The third-order valence-electron chi connectivity index (χ3n) is 6.63. The largest absolute Gasteiger partial charge is 0.493 e. The zero-order chi connectivity index (χ0) is 25.8. The Bertz CT molecular complexity index is 1400. The number of benzene rings is 2. The van der Waals surface area contributed by atoms with Crippen molar-refractivity contribution in [2.45, 2.75) is 38.3 Å². The van der Waals surface area contributed by atoms with Gasteiger partial charge in [-0.15, -0.1) is 0 Å². The van der Waals surface area contributed by atoms with Gasteiger partial charge in [-0.25, -0.2) is 0 Å². The van der Waals surface area contributed by atoms with Crippen LogP contribution < -0.4 is 10.1 Å². The summed E-state index contributed by atoms with van der Waals surface area (Å²) in [4.78, 5) is 18.6. The van der Waals surface area contributed by atoms with Gasteiger partial charge in [0, 0.05) is 30.6 Å². The van der Waals surface area contributed by atoms with Gasteiger partial charge in [-0.3, -0.25) is 14.5 Å². The molecular formula is C29H33N5O3. The first-order valence-corrected chi connectivity index (χ1v) is 12.7. The van der Waals surface area contributed by atoms with Crippen molar-refractivity contribution in [1.29, 1.82) is 0 Å². The topological polar surface area (TPSA) is 92.5 Å². The molecule has 0 saturated heterocycles. The van der Waals surface area contributed by atoms with Crippen molar-refractivity contribution in [3.05, 3.63) is 83.3 Å². The van der Waals surface area contributed by atoms with Gasteiger partial charge in [0.2, 0.25) is 0 Å². The van der Waals surface area contributed by atoms with E-state index in [1.807, 2.05) is 49.1 Å². The number of anilines is 1. The van der Waals surface area contributed by atoms with E-state index in [0.717, 1.165) is 77.2 Å². The van der Waals surface area contributed by atoms with Crippen molar-refractivity contribution in [3.63, 3.8) is 0 Å². The SMILES string of the molecule is CN(C)Cc1cccc(C(CC(=O)O)n2ncc3cc(OCCc4ccc5c(n4)CCCN5)ccc32)c1. The first-order chi connectivity index (χ1) is 18.0. The molecule has 5 rings (SSSR count). The van der Waals surface area contributed by atoms with E-state index in [1.54, 1.807) is 6.20 Å². The van der Waals surface area contributed by atoms with Crippen LogP contribution in [0.4, 0.5) is 5.69 Å². The smallest absolute Gasteiger partial charge is 0.305 e. The molecule has 192 valence electrons. The molecule has 0 amide bonds. The zero-order valence-electron chi connectivity index (χ0n) is 21.4. The van der Waals surface area contributed by atoms with Gasteiger partial charge in [0.15, 0.2) is 0 Å². The van der Waals surface area contributed by atoms with Crippen LogP contribution in [0.3, 0.4) is 0 Å². The van der Waals surface area contributed by atoms with Gasteiger partial charge in [0.1, 0.15) is 5.75 Å². The highest BCUT2D eigenvalue weighted by Crippen LogP contribution is 2.29. The lowest BCUT2D eigenvalue weighted by molar-refractivity contribution is -0.137. The Morgan fingerprint density at radius 3 is 2.92 bits per heavy atom. The Balaban J connectivity index is 1.32. The molecule has 0 aliphatic carbocycles. The second-order valence-corrected chi connectivity index (χ2v) is 9.83. The molecule has 0 spiro atoms. The van der Waals surface area contributed by atoms with Crippen molar-refractivity contribution in [1.82, 2.24) is 19.7 Å². The summed E-state index contributed by atoms with van der Waals surface area (Å²) in [5.41, 5.74) is 6.25. The number of rotatable bonds is 10. The number of aryl methyl sites for hydroxylation is 1. The number of carbonyl (C=O) groups is 1. The molecule has 2 N–H and O–H groups in total. The van der Waals surface area contributed by atoms with Gasteiger partial charge in [0.05, 0.1) is 42.2 Å². The predicted molar refractivity (Wildman–Crippen MR) is 144 cm³/mol. The number of carboxylic acid groups (broad SMARTS) is 1. The minimum absolute atomic E-state index is 0.0518. The first-order valence-electron chi connectivity index (χ1n) is 12.7. The van der Waals surface area contributed by atoms with Crippen LogP contribution in [0, 0.1) is 0 Å². The summed E-state index contributed by atoms with van der Waals surface area (Å²) >= 11 is 0. The molecule has 8 nitrogen and oxygen atoms in total. The summed E-state index contributed by atoms with van der Waals surface area (Å²) < 4.78 is 7.85. The number of nitrogens with zero attached hydrogens (tertiary/aromatic N) is 4. The van der Waals surface area contributed by atoms with Gasteiger partial charge in [-0.1, -0.05) is 24.3 Å². The number of pyridine rings is 1. The lowest BCUT2D eigenvalue weighted by Crippen LogP contribution is -2.17. The van der Waals surface area contributed by atoms with E-state index < -0.39 is 12.0 Å². The average Bonchev–Trinajstić information content (AvgIpc) is 3.30. The maximum atomic E-state index is 11.8. The van der Waals surface area contributed by atoms with E-state index in [9.17, 15) is 9.90 Å². The van der Waals surface area contributed by atoms with Crippen LogP contribution in [-0.4, -0.2) is 58.0 Å². The zero-order valence-corrected chi connectivity index (χ0v) is 21.4. The minimum atomic E-state index is -0.863. The number of aromatic nitrogens is 3. The standard InChI is InChI=1S/C29H33N5O3/c1-33(2)19-20-5-3-6-21(15-20)28(17-29(35)36)34-27-11-9-24(16-22(27)18-31-34)37-14-12-23-8-10-25-26(32-23)7-4-13-30-25/h3,5-6,8-11,15-16,18,28,30H,4,7,12-14,17,19H2,1-2H3,(H,35,36). The molecule has 0 saturated carbocycles. The Morgan fingerprint density at radius 2 is 2.08 bits per heavy atom. The molecule has 2 aromatic carbocycles. The summed E-state index contributed by atoms with van der Waals surface area (Å²) in [6.45, 7) is 2.32. The molecule has 0 bridgehead atoms. The molecule has 8 heteroatoms. The number of aliphatic carboxylic acids is 1. The second kappa shape index (κ2) is 11.0. The average molecular weight is 500 g/mol. The summed E-state index contributed by atoms with van der Waals surface area (Å²) in [7, 11) is 4.03. The number of hydrogen-bond acceptors (Lipinski definition) is 6. The molecule has 4 aromatic rings. The second-order valence-electron chi connectivity index (χ2n) is 9.83. The maximum absolute atomic E-state index is 11.8. The fraction of sp³-hybridized carbons (Fsp3) is 0.345. The number of carboxylic acids is 1. The lowest BCUT2D eigenvalue weighted by Gasteiger charge is -2.19. The monoisotopic (exact) mass is 499 g/mol. The minimum Gasteiger partial charge on any atom is -0.493 e. The highest BCUT2D eigenvalue weighted by atomic mass is 16.5. The van der Waals surface area contributed by atoms with Crippen molar-refractivity contribution >= 4 is 22.6 Å². The van der Waals surface area contributed by atoms with Crippen molar-refractivity contribution in [2.24, 2.45) is 0 Å². The van der Waals surface area contributed by atoms with Crippen LogP contribution in [-0.2, 0) is 24.2 Å². The van der Waals surface area contributed by atoms with E-state index in [-0.39, 0.29) is 6.42 Å². The molecule has 0 fully saturated rings. The third-order valence-corrected chi connectivity index (χ3v) is 6.63. The summed E-state index contributed by atoms with van der Waals surface area (Å²) in [6, 6.07) is 17.7. The van der Waals surface area contributed by atoms with Crippen LogP contribution in [0.1, 0.15) is 41.4 Å². The molecule has 37 heavy (non-hydrogen) atoms. The highest BCUT2D eigenvalue weighted by Gasteiger charge is 2.21. The summed E-state index contributed by atoms with van der Waals surface area (Å²) in [5, 5.41) is 18.6. The summed E-state index contributed by atoms with van der Waals surface area (Å²) in [5.74, 6) is -0.104. The van der Waals surface area contributed by atoms with Gasteiger partial charge in [-0.2, -0.15) is 5.10 Å². The predicted octanol–water partition coefficient (Wildman–Crippen LogP) is 4.54. The number of nitrogens with one attached hydrogen (secondary N) is 1. The highest BCUT2D eigenvalue weighted by molar-refractivity contribution is 5.81. The van der Waals surface area contributed by atoms with Crippen LogP contribution in [0.5, 0.6) is 5.75 Å². The molecular weight excluding hydrogens is 466 g/mol. The molecule has 3 heterocycles. The normalized spacial score (nSPS) is 13.8. The van der Waals surface area contributed by atoms with Gasteiger partial charge < -0.3 is 20.1 Å². The van der Waals surface area contributed by atoms with Crippen LogP contribution in [0.25, 0.3) is 10.9 Å². The van der Waals surface area contributed by atoms with Crippen LogP contribution in [0.2, 0.25) is 0 Å². The third kappa shape index (κ3) is 5.91. The van der Waals surface area contributed by atoms with E-state index in [4.69, 9.17) is 9.72 Å².